The molecule has 2 rings (SSSR count). The zero-order valence-corrected chi connectivity index (χ0v) is 13.1. The molecule has 122 valence electrons. The van der Waals surface area contributed by atoms with Crippen molar-refractivity contribution in [2.24, 2.45) is 0 Å². The molecule has 0 aliphatic rings. The van der Waals surface area contributed by atoms with Crippen molar-refractivity contribution in [2.75, 3.05) is 6.54 Å². The van der Waals surface area contributed by atoms with Crippen molar-refractivity contribution < 1.29 is 14.7 Å². The monoisotopic (exact) mass is 314 g/mol. The number of aliphatic carboxylic acids is 1. The number of hydrogen-bond acceptors (Lipinski definition) is 3. The van der Waals surface area contributed by atoms with E-state index in [9.17, 15) is 9.59 Å². The second-order valence-corrected chi connectivity index (χ2v) is 5.55. The van der Waals surface area contributed by atoms with Gasteiger partial charge in [0.15, 0.2) is 0 Å². The van der Waals surface area contributed by atoms with Crippen molar-refractivity contribution in [2.45, 2.75) is 38.5 Å². The van der Waals surface area contributed by atoms with E-state index in [0.29, 0.717) is 12.2 Å². The third kappa shape index (κ3) is 5.36. The minimum atomic E-state index is -0.736. The highest BCUT2D eigenvalue weighted by atomic mass is 16.4. The molecule has 0 aliphatic carbocycles. The first-order chi connectivity index (χ1) is 11.2. The summed E-state index contributed by atoms with van der Waals surface area (Å²) in [5, 5.41) is 13.3. The number of carboxylic acid groups (broad SMARTS) is 1. The molecule has 23 heavy (non-hydrogen) atoms. The van der Waals surface area contributed by atoms with Crippen LogP contribution < -0.4 is 5.32 Å². The molecule has 2 N–H and O–H groups in total. The third-order valence-electron chi connectivity index (χ3n) is 3.74. The van der Waals surface area contributed by atoms with Gasteiger partial charge in [-0.25, -0.2) is 0 Å². The van der Waals surface area contributed by atoms with Crippen LogP contribution in [0.4, 0.5) is 0 Å². The SMILES string of the molecule is O=C(O)CCCCCCCNC(=O)c1nccc2ccccc12. The lowest BCUT2D eigenvalue weighted by atomic mass is 10.1. The van der Waals surface area contributed by atoms with Crippen LogP contribution in [-0.4, -0.2) is 28.5 Å². The number of benzene rings is 1. The van der Waals surface area contributed by atoms with E-state index >= 15 is 0 Å². The van der Waals surface area contributed by atoms with Gasteiger partial charge in [-0.2, -0.15) is 0 Å². The number of nitrogens with one attached hydrogen (secondary N) is 1. The molecule has 0 saturated heterocycles. The van der Waals surface area contributed by atoms with Crippen LogP contribution in [0.25, 0.3) is 10.8 Å². The molecular weight excluding hydrogens is 292 g/mol. The lowest BCUT2D eigenvalue weighted by molar-refractivity contribution is -0.137. The van der Waals surface area contributed by atoms with Crippen LogP contribution in [0.1, 0.15) is 49.0 Å². The molecule has 0 saturated carbocycles. The summed E-state index contributed by atoms with van der Waals surface area (Å²) < 4.78 is 0. The van der Waals surface area contributed by atoms with Gasteiger partial charge in [0.1, 0.15) is 5.69 Å². The lowest BCUT2D eigenvalue weighted by Crippen LogP contribution is -2.25. The van der Waals surface area contributed by atoms with E-state index in [-0.39, 0.29) is 12.3 Å². The summed E-state index contributed by atoms with van der Waals surface area (Å²) in [6.45, 7) is 0.614. The topological polar surface area (TPSA) is 79.3 Å². The Balaban J connectivity index is 1.72. The van der Waals surface area contributed by atoms with Crippen LogP contribution in [0.5, 0.6) is 0 Å². The highest BCUT2D eigenvalue weighted by Crippen LogP contribution is 2.16. The Labute approximate surface area is 135 Å². The summed E-state index contributed by atoms with van der Waals surface area (Å²) in [5.74, 6) is -0.882. The number of rotatable bonds is 9. The Morgan fingerprint density at radius 3 is 2.57 bits per heavy atom. The van der Waals surface area contributed by atoms with E-state index in [1.807, 2.05) is 30.3 Å². The Morgan fingerprint density at radius 2 is 1.74 bits per heavy atom. The molecule has 5 heteroatoms. The summed E-state index contributed by atoms with van der Waals surface area (Å²) in [4.78, 5) is 26.8. The van der Waals surface area contributed by atoms with Gasteiger partial charge in [-0.05, 0) is 24.3 Å². The fourth-order valence-electron chi connectivity index (χ4n) is 2.52. The van der Waals surface area contributed by atoms with Crippen molar-refractivity contribution >= 4 is 22.6 Å². The first kappa shape index (κ1) is 16.9. The number of aromatic nitrogens is 1. The fraction of sp³-hybridized carbons (Fsp3) is 0.389. The van der Waals surface area contributed by atoms with Gasteiger partial charge in [0.05, 0.1) is 0 Å². The van der Waals surface area contributed by atoms with E-state index in [1.54, 1.807) is 6.20 Å². The number of nitrogens with zero attached hydrogens (tertiary/aromatic N) is 1. The standard InChI is InChI=1S/C18H22N2O3/c21-16(22)10-4-2-1-3-7-12-20-18(23)17-15-9-6-5-8-14(15)11-13-19-17/h5-6,8-9,11,13H,1-4,7,10,12H2,(H,20,23)(H,21,22). The van der Waals surface area contributed by atoms with E-state index in [2.05, 4.69) is 10.3 Å². The molecular formula is C18H22N2O3. The maximum atomic E-state index is 12.2. The fourth-order valence-corrected chi connectivity index (χ4v) is 2.52. The van der Waals surface area contributed by atoms with E-state index in [1.165, 1.54) is 0 Å². The summed E-state index contributed by atoms with van der Waals surface area (Å²) in [5.41, 5.74) is 0.463. The molecule has 2 aromatic rings. The second-order valence-electron chi connectivity index (χ2n) is 5.55. The van der Waals surface area contributed by atoms with Gasteiger partial charge in [0.2, 0.25) is 0 Å². The van der Waals surface area contributed by atoms with E-state index in [4.69, 9.17) is 5.11 Å². The Kier molecular flexibility index (Phi) is 6.54. The van der Waals surface area contributed by atoms with E-state index in [0.717, 1.165) is 42.9 Å². The molecule has 0 unspecified atom stereocenters. The molecule has 0 radical (unpaired) electrons. The number of pyridine rings is 1. The summed E-state index contributed by atoms with van der Waals surface area (Å²) >= 11 is 0. The maximum absolute atomic E-state index is 12.2. The number of carbonyl (C=O) groups is 2. The molecule has 1 aromatic heterocycles. The van der Waals surface area contributed by atoms with Crippen LogP contribution in [0.2, 0.25) is 0 Å². The predicted octanol–water partition coefficient (Wildman–Crippen LogP) is 3.39. The van der Waals surface area contributed by atoms with Gasteiger partial charge >= 0.3 is 5.97 Å². The number of unbranched alkanes of at least 4 members (excludes halogenated alkanes) is 4. The lowest BCUT2D eigenvalue weighted by Gasteiger charge is -2.07. The zero-order chi connectivity index (χ0) is 16.5. The number of amides is 1. The minimum Gasteiger partial charge on any atom is -0.481 e. The van der Waals surface area contributed by atoms with Crippen LogP contribution in [0.3, 0.4) is 0 Å². The molecule has 0 atom stereocenters. The van der Waals surface area contributed by atoms with Gasteiger partial charge in [0, 0.05) is 24.5 Å². The van der Waals surface area contributed by atoms with Gasteiger partial charge in [-0.1, -0.05) is 43.5 Å². The Hall–Kier alpha value is -2.43. The van der Waals surface area contributed by atoms with Crippen LogP contribution in [0, 0.1) is 0 Å². The number of carboxylic acids is 1. The molecule has 0 fully saturated rings. The van der Waals surface area contributed by atoms with Crippen molar-refractivity contribution in [3.05, 3.63) is 42.2 Å². The average molecular weight is 314 g/mol. The van der Waals surface area contributed by atoms with Gasteiger partial charge < -0.3 is 10.4 Å². The molecule has 1 amide bonds. The minimum absolute atomic E-state index is 0.146. The summed E-state index contributed by atoms with van der Waals surface area (Å²) in [6, 6.07) is 9.60. The van der Waals surface area contributed by atoms with E-state index < -0.39 is 5.97 Å². The van der Waals surface area contributed by atoms with Crippen LogP contribution in [0.15, 0.2) is 36.5 Å². The third-order valence-corrected chi connectivity index (χ3v) is 3.74. The van der Waals surface area contributed by atoms with Crippen LogP contribution >= 0.6 is 0 Å². The summed E-state index contributed by atoms with van der Waals surface area (Å²) in [6.07, 6.45) is 6.41. The summed E-state index contributed by atoms with van der Waals surface area (Å²) in [7, 11) is 0. The van der Waals surface area contributed by atoms with Gasteiger partial charge in [-0.15, -0.1) is 0 Å². The molecule has 1 aromatic carbocycles. The predicted molar refractivity (Wildman–Crippen MR) is 89.4 cm³/mol. The molecule has 5 nitrogen and oxygen atoms in total. The number of carbonyl (C=O) groups excluding carboxylic acids is 1. The molecule has 0 aliphatic heterocycles. The quantitative estimate of drug-likeness (QED) is 0.695. The van der Waals surface area contributed by atoms with Gasteiger partial charge in [0.25, 0.3) is 5.91 Å². The Morgan fingerprint density at radius 1 is 1.00 bits per heavy atom. The largest absolute Gasteiger partial charge is 0.481 e. The number of hydrogen-bond donors (Lipinski definition) is 2. The smallest absolute Gasteiger partial charge is 0.303 e. The highest BCUT2D eigenvalue weighted by Gasteiger charge is 2.10. The first-order valence-corrected chi connectivity index (χ1v) is 8.02. The molecule has 0 bridgehead atoms. The highest BCUT2D eigenvalue weighted by molar-refractivity contribution is 6.05. The van der Waals surface area contributed by atoms with Gasteiger partial charge in [-0.3, -0.25) is 14.6 Å². The number of fused-ring (bicyclic) bond motifs is 1. The van der Waals surface area contributed by atoms with Crippen LogP contribution in [-0.2, 0) is 4.79 Å². The van der Waals surface area contributed by atoms with Crippen molar-refractivity contribution in [1.29, 1.82) is 0 Å². The van der Waals surface area contributed by atoms with Crippen molar-refractivity contribution in [1.82, 2.24) is 10.3 Å². The van der Waals surface area contributed by atoms with Crippen molar-refractivity contribution in [3.8, 4) is 0 Å². The maximum Gasteiger partial charge on any atom is 0.303 e. The normalized spacial score (nSPS) is 10.6. The van der Waals surface area contributed by atoms with Crippen molar-refractivity contribution in [3.63, 3.8) is 0 Å². The Bertz CT molecular complexity index is 665. The molecule has 1 heterocycles. The zero-order valence-electron chi connectivity index (χ0n) is 13.1. The second kappa shape index (κ2) is 8.88. The molecule has 0 spiro atoms. The average Bonchev–Trinajstić information content (AvgIpc) is 2.56. The first-order valence-electron chi connectivity index (χ1n) is 8.02.